The van der Waals surface area contributed by atoms with Crippen molar-refractivity contribution in [3.05, 3.63) is 10.6 Å². The lowest BCUT2D eigenvalue weighted by Crippen LogP contribution is -2.40. The van der Waals surface area contributed by atoms with Gasteiger partial charge in [0.2, 0.25) is 0 Å². The first-order valence-corrected chi connectivity index (χ1v) is 7.96. The van der Waals surface area contributed by atoms with Gasteiger partial charge < -0.3 is 16.2 Å². The van der Waals surface area contributed by atoms with Crippen molar-refractivity contribution in [2.75, 3.05) is 12.3 Å². The summed E-state index contributed by atoms with van der Waals surface area (Å²) in [6, 6.07) is 0. The summed E-state index contributed by atoms with van der Waals surface area (Å²) in [7, 11) is 0. The van der Waals surface area contributed by atoms with E-state index in [0.29, 0.717) is 22.2 Å². The quantitative estimate of drug-likeness (QED) is 0.773. The minimum absolute atomic E-state index is 0.108. The first-order chi connectivity index (χ1) is 9.92. The molecule has 6 nitrogen and oxygen atoms in total. The molecule has 0 bridgehead atoms. The third kappa shape index (κ3) is 3.93. The lowest BCUT2D eigenvalue weighted by molar-refractivity contribution is -0.140. The number of nitrogens with zero attached hydrogens (tertiary/aromatic N) is 1. The topological polar surface area (TPSA) is 105 Å². The first kappa shape index (κ1) is 15.8. The normalized spacial score (nSPS) is 17.4. The number of anilines is 1. The van der Waals surface area contributed by atoms with Crippen LogP contribution in [0.1, 0.15) is 53.9 Å². The summed E-state index contributed by atoms with van der Waals surface area (Å²) in [4.78, 5) is 27.9. The van der Waals surface area contributed by atoms with Crippen LogP contribution in [-0.2, 0) is 4.79 Å². The molecule has 0 atom stereocenters. The molecule has 1 aliphatic rings. The predicted molar refractivity (Wildman–Crippen MR) is 81.4 cm³/mol. The van der Waals surface area contributed by atoms with Crippen molar-refractivity contribution in [2.24, 2.45) is 5.41 Å². The van der Waals surface area contributed by atoms with Crippen LogP contribution in [0.2, 0.25) is 0 Å². The van der Waals surface area contributed by atoms with Crippen molar-refractivity contribution in [1.29, 1.82) is 0 Å². The maximum Gasteiger partial charge on any atom is 0.303 e. The highest BCUT2D eigenvalue weighted by atomic mass is 32.1. The molecule has 1 saturated carbocycles. The predicted octanol–water partition coefficient (Wildman–Crippen LogP) is 2.19. The molecule has 116 valence electrons. The van der Waals surface area contributed by atoms with Crippen LogP contribution in [0.15, 0.2) is 0 Å². The molecule has 1 amide bonds. The van der Waals surface area contributed by atoms with Gasteiger partial charge in [0.15, 0.2) is 5.13 Å². The molecule has 1 aromatic rings. The van der Waals surface area contributed by atoms with E-state index < -0.39 is 5.97 Å². The van der Waals surface area contributed by atoms with Crippen LogP contribution in [0.5, 0.6) is 0 Å². The fraction of sp³-hybridized carbons (Fsp3) is 0.643. The zero-order valence-electron chi connectivity index (χ0n) is 12.1. The summed E-state index contributed by atoms with van der Waals surface area (Å²) in [5.74, 6) is -1.01. The Morgan fingerprint density at radius 1 is 1.38 bits per heavy atom. The van der Waals surface area contributed by atoms with Gasteiger partial charge in [-0.2, -0.15) is 0 Å². The molecule has 21 heavy (non-hydrogen) atoms. The van der Waals surface area contributed by atoms with Gasteiger partial charge in [-0.25, -0.2) is 4.98 Å². The third-order valence-corrected chi connectivity index (χ3v) is 5.07. The Kier molecular flexibility index (Phi) is 4.82. The minimum atomic E-state index is -0.802. The van der Waals surface area contributed by atoms with Crippen molar-refractivity contribution < 1.29 is 14.7 Å². The zero-order chi connectivity index (χ0) is 15.5. The number of carbonyl (C=O) groups excluding carboxylic acids is 1. The number of amides is 1. The Bertz CT molecular complexity index is 536. The largest absolute Gasteiger partial charge is 0.481 e. The number of nitrogens with one attached hydrogen (secondary N) is 1. The number of hydrogen-bond donors (Lipinski definition) is 3. The maximum absolute atomic E-state index is 12.2. The molecule has 7 heteroatoms. The third-order valence-electron chi connectivity index (χ3n) is 4.08. The van der Waals surface area contributed by atoms with Gasteiger partial charge in [-0.05, 0) is 25.2 Å². The van der Waals surface area contributed by atoms with E-state index in [1.807, 2.05) is 0 Å². The smallest absolute Gasteiger partial charge is 0.303 e. The van der Waals surface area contributed by atoms with Crippen LogP contribution in [0.25, 0.3) is 0 Å². The van der Waals surface area contributed by atoms with E-state index in [1.54, 1.807) is 6.92 Å². The maximum atomic E-state index is 12.2. The number of nitrogens with two attached hydrogens (primary N) is 1. The summed E-state index contributed by atoms with van der Waals surface area (Å²) >= 11 is 1.16. The van der Waals surface area contributed by atoms with Crippen molar-refractivity contribution in [1.82, 2.24) is 10.3 Å². The summed E-state index contributed by atoms with van der Waals surface area (Å²) in [6.45, 7) is 2.14. The number of carboxylic acid groups (broad SMARTS) is 1. The van der Waals surface area contributed by atoms with E-state index in [-0.39, 0.29) is 17.7 Å². The Hall–Kier alpha value is -1.63. The number of hydrogen-bond acceptors (Lipinski definition) is 5. The van der Waals surface area contributed by atoms with E-state index in [4.69, 9.17) is 10.8 Å². The SMILES string of the molecule is Cc1nc(N)sc1C(=O)NCC1(CC(=O)O)CCCCC1. The molecule has 0 unspecified atom stereocenters. The Morgan fingerprint density at radius 2 is 2.05 bits per heavy atom. The monoisotopic (exact) mass is 311 g/mol. The highest BCUT2D eigenvalue weighted by Crippen LogP contribution is 2.39. The summed E-state index contributed by atoms with van der Waals surface area (Å²) in [5, 5.41) is 12.4. The van der Waals surface area contributed by atoms with E-state index in [9.17, 15) is 9.59 Å². The lowest BCUT2D eigenvalue weighted by Gasteiger charge is -2.36. The number of aliphatic carboxylic acids is 1. The minimum Gasteiger partial charge on any atom is -0.481 e. The second-order valence-electron chi connectivity index (χ2n) is 5.78. The van der Waals surface area contributed by atoms with Crippen molar-refractivity contribution in [2.45, 2.75) is 45.4 Å². The number of aromatic nitrogens is 1. The number of carbonyl (C=O) groups is 2. The van der Waals surface area contributed by atoms with Gasteiger partial charge in [0.05, 0.1) is 12.1 Å². The number of nitrogen functional groups attached to an aromatic ring is 1. The van der Waals surface area contributed by atoms with Gasteiger partial charge in [-0.3, -0.25) is 9.59 Å². The Morgan fingerprint density at radius 3 is 2.57 bits per heavy atom. The van der Waals surface area contributed by atoms with Crippen LogP contribution >= 0.6 is 11.3 Å². The van der Waals surface area contributed by atoms with Gasteiger partial charge in [-0.15, -0.1) is 0 Å². The zero-order valence-corrected chi connectivity index (χ0v) is 13.0. The van der Waals surface area contributed by atoms with Gasteiger partial charge in [0.1, 0.15) is 4.88 Å². The van der Waals surface area contributed by atoms with E-state index in [1.165, 1.54) is 0 Å². The van der Waals surface area contributed by atoms with E-state index in [2.05, 4.69) is 10.3 Å². The molecule has 4 N–H and O–H groups in total. The summed E-state index contributed by atoms with van der Waals surface area (Å²) in [5.41, 5.74) is 5.90. The highest BCUT2D eigenvalue weighted by molar-refractivity contribution is 7.17. The average molecular weight is 311 g/mol. The van der Waals surface area contributed by atoms with Crippen molar-refractivity contribution in [3.63, 3.8) is 0 Å². The fourth-order valence-corrected chi connectivity index (χ4v) is 3.76. The number of thiazole rings is 1. The van der Waals surface area contributed by atoms with Crippen LogP contribution in [0.4, 0.5) is 5.13 Å². The van der Waals surface area contributed by atoms with Crippen molar-refractivity contribution in [3.8, 4) is 0 Å². The molecule has 0 aliphatic heterocycles. The van der Waals surface area contributed by atoms with Crippen LogP contribution in [-0.4, -0.2) is 28.5 Å². The number of aryl methyl sites for hydroxylation is 1. The molecule has 0 spiro atoms. The number of rotatable bonds is 5. The van der Waals surface area contributed by atoms with Gasteiger partial charge in [0, 0.05) is 6.54 Å². The van der Waals surface area contributed by atoms with Crippen LogP contribution in [0, 0.1) is 12.3 Å². The molecule has 1 aliphatic carbocycles. The molecule has 1 heterocycles. The Labute approximate surface area is 127 Å². The van der Waals surface area contributed by atoms with Crippen molar-refractivity contribution >= 4 is 28.3 Å². The second-order valence-corrected chi connectivity index (χ2v) is 6.81. The number of carboxylic acids is 1. The highest BCUT2D eigenvalue weighted by Gasteiger charge is 2.35. The standard InChI is InChI=1S/C14H21N3O3S/c1-9-11(21-13(15)17-9)12(20)16-8-14(7-10(18)19)5-3-2-4-6-14/h2-8H2,1H3,(H2,15,17)(H,16,20)(H,18,19). The molecule has 2 rings (SSSR count). The summed E-state index contributed by atoms with van der Waals surface area (Å²) < 4.78 is 0. The molecular formula is C14H21N3O3S. The van der Waals surface area contributed by atoms with Gasteiger partial charge in [-0.1, -0.05) is 30.6 Å². The molecule has 0 radical (unpaired) electrons. The Balaban J connectivity index is 2.02. The molecule has 0 saturated heterocycles. The van der Waals surface area contributed by atoms with E-state index >= 15 is 0 Å². The summed E-state index contributed by atoms with van der Waals surface area (Å²) in [6.07, 6.45) is 5.00. The van der Waals surface area contributed by atoms with Crippen LogP contribution in [0.3, 0.4) is 0 Å². The van der Waals surface area contributed by atoms with Crippen LogP contribution < -0.4 is 11.1 Å². The van der Waals surface area contributed by atoms with Gasteiger partial charge >= 0.3 is 5.97 Å². The van der Waals surface area contributed by atoms with E-state index in [0.717, 1.165) is 43.4 Å². The fourth-order valence-electron chi connectivity index (χ4n) is 3.01. The first-order valence-electron chi connectivity index (χ1n) is 7.15. The lowest BCUT2D eigenvalue weighted by atomic mass is 9.71. The average Bonchev–Trinajstić information content (AvgIpc) is 2.75. The van der Waals surface area contributed by atoms with Gasteiger partial charge in [0.25, 0.3) is 5.91 Å². The molecule has 0 aromatic carbocycles. The molecule has 1 aromatic heterocycles. The molecular weight excluding hydrogens is 290 g/mol. The molecule has 1 fully saturated rings. The second kappa shape index (κ2) is 6.43.